The zero-order valence-electron chi connectivity index (χ0n) is 17.1. The lowest BCUT2D eigenvalue weighted by molar-refractivity contribution is 0.356. The summed E-state index contributed by atoms with van der Waals surface area (Å²) in [5.41, 5.74) is 7.96. The van der Waals surface area contributed by atoms with Crippen LogP contribution in [0.4, 0.5) is 15.9 Å². The molecule has 0 amide bonds. The molecule has 1 saturated heterocycles. The molecule has 1 aliphatic heterocycles. The first-order chi connectivity index (χ1) is 14.4. The molecule has 1 aromatic heterocycles. The van der Waals surface area contributed by atoms with Gasteiger partial charge in [-0.2, -0.15) is 0 Å². The maximum Gasteiger partial charge on any atom is 0.178 e. The predicted octanol–water partition coefficient (Wildman–Crippen LogP) is 2.19. The van der Waals surface area contributed by atoms with Crippen LogP contribution < -0.4 is 20.5 Å². The van der Waals surface area contributed by atoms with Gasteiger partial charge in [0.25, 0.3) is 0 Å². The van der Waals surface area contributed by atoms with E-state index < -0.39 is 16.8 Å². The zero-order chi connectivity index (χ0) is 21.7. The van der Waals surface area contributed by atoms with Crippen molar-refractivity contribution in [3.63, 3.8) is 0 Å². The van der Waals surface area contributed by atoms with Gasteiger partial charge in [-0.25, -0.2) is 13.6 Å². The van der Waals surface area contributed by atoms with E-state index in [0.717, 1.165) is 19.5 Å². The monoisotopic (exact) mass is 434 g/mol. The fraction of sp³-hybridized carbons (Fsp3) is 0.400. The molecule has 0 bridgehead atoms. The van der Waals surface area contributed by atoms with E-state index in [1.807, 2.05) is 11.8 Å². The van der Waals surface area contributed by atoms with Crippen LogP contribution in [0.15, 0.2) is 24.4 Å². The number of amidine groups is 1. The van der Waals surface area contributed by atoms with Crippen molar-refractivity contribution in [2.45, 2.75) is 13.3 Å². The third kappa shape index (κ3) is 4.88. The first-order valence-corrected chi connectivity index (χ1v) is 11.1. The topological polar surface area (TPSA) is 116 Å². The molecule has 0 spiro atoms. The van der Waals surface area contributed by atoms with Crippen molar-refractivity contribution in [3.05, 3.63) is 35.8 Å². The van der Waals surface area contributed by atoms with Crippen molar-refractivity contribution in [2.24, 2.45) is 0 Å². The molecule has 1 unspecified atom stereocenters. The van der Waals surface area contributed by atoms with E-state index in [1.54, 1.807) is 12.1 Å². The normalized spacial score (nSPS) is 15.0. The highest BCUT2D eigenvalue weighted by molar-refractivity contribution is 7.86. The number of benzene rings is 1. The molecule has 8 nitrogen and oxygen atoms in total. The molecule has 2 heterocycles. The minimum atomic E-state index is -1.35. The number of nitrogens with two attached hydrogens (primary N) is 1. The molecule has 1 aromatic carbocycles. The Balaban J connectivity index is 1.97. The van der Waals surface area contributed by atoms with Crippen LogP contribution in [-0.4, -0.2) is 59.0 Å². The number of ether oxygens (including phenoxy) is 1. The molecular weight excluding hydrogens is 407 g/mol. The Labute approximate surface area is 178 Å². The summed E-state index contributed by atoms with van der Waals surface area (Å²) in [7, 11) is 0.0111. The van der Waals surface area contributed by atoms with Gasteiger partial charge in [0, 0.05) is 43.7 Å². The third-order valence-electron chi connectivity index (χ3n) is 4.80. The fourth-order valence-electron chi connectivity index (χ4n) is 3.28. The molecule has 5 N–H and O–H groups in total. The smallest absolute Gasteiger partial charge is 0.178 e. The predicted molar refractivity (Wildman–Crippen MR) is 119 cm³/mol. The first kappa shape index (κ1) is 22.0. The molecule has 2 aromatic rings. The van der Waals surface area contributed by atoms with E-state index >= 15 is 0 Å². The van der Waals surface area contributed by atoms with Gasteiger partial charge in [0.1, 0.15) is 22.6 Å². The molecule has 0 saturated carbocycles. The molecule has 30 heavy (non-hydrogen) atoms. The Morgan fingerprint density at radius 1 is 1.37 bits per heavy atom. The van der Waals surface area contributed by atoms with Crippen LogP contribution in [0.3, 0.4) is 0 Å². The summed E-state index contributed by atoms with van der Waals surface area (Å²) in [4.78, 5) is 6.16. The van der Waals surface area contributed by atoms with Crippen molar-refractivity contribution >= 4 is 28.3 Å². The summed E-state index contributed by atoms with van der Waals surface area (Å²) in [6.07, 6.45) is 2.27. The Morgan fingerprint density at radius 3 is 2.77 bits per heavy atom. The lowest BCUT2D eigenvalue weighted by Crippen LogP contribution is -2.46. The van der Waals surface area contributed by atoms with E-state index in [9.17, 15) is 8.60 Å². The van der Waals surface area contributed by atoms with Gasteiger partial charge >= 0.3 is 0 Å². The van der Waals surface area contributed by atoms with Gasteiger partial charge in [-0.15, -0.1) is 0 Å². The maximum atomic E-state index is 14.7. The van der Waals surface area contributed by atoms with Gasteiger partial charge in [0.05, 0.1) is 18.4 Å². The number of anilines is 2. The zero-order valence-corrected chi connectivity index (χ0v) is 17.9. The third-order valence-corrected chi connectivity index (χ3v) is 6.03. The van der Waals surface area contributed by atoms with Crippen LogP contribution in [0.25, 0.3) is 11.1 Å². The second-order valence-corrected chi connectivity index (χ2v) is 8.24. The Hall–Kier alpha value is -2.72. The minimum Gasteiger partial charge on any atom is -0.492 e. The second-order valence-electron chi connectivity index (χ2n) is 6.93. The molecule has 162 valence electrons. The van der Waals surface area contributed by atoms with Crippen molar-refractivity contribution in [1.29, 1.82) is 5.41 Å². The number of pyridine rings is 1. The lowest BCUT2D eigenvalue weighted by atomic mass is 10.0. The number of piperazine rings is 1. The van der Waals surface area contributed by atoms with Gasteiger partial charge in [-0.3, -0.25) is 5.41 Å². The van der Waals surface area contributed by atoms with Crippen LogP contribution in [0.1, 0.15) is 18.9 Å². The Morgan fingerprint density at radius 2 is 2.10 bits per heavy atom. The standard InChI is InChI=1S/C20H27FN6O2S/c1-3-8-30(28)26-17-11-13(10-16(21)18(17)29-2)14-9-15(19(22)25-12-14)20(23)27-6-4-24-5-7-27/h9-12,23-24,26H,3-8H2,1-2H3,(H2,22,25). The molecule has 1 aliphatic rings. The van der Waals surface area contributed by atoms with E-state index in [1.165, 1.54) is 19.4 Å². The van der Waals surface area contributed by atoms with E-state index in [4.69, 9.17) is 15.9 Å². The average Bonchev–Trinajstić information content (AvgIpc) is 2.74. The van der Waals surface area contributed by atoms with Crippen molar-refractivity contribution in [3.8, 4) is 16.9 Å². The number of nitrogens with one attached hydrogen (secondary N) is 3. The summed E-state index contributed by atoms with van der Waals surface area (Å²) in [6.45, 7) is 4.92. The van der Waals surface area contributed by atoms with Crippen LogP contribution in [0.5, 0.6) is 5.75 Å². The van der Waals surface area contributed by atoms with Gasteiger partial charge < -0.3 is 25.4 Å². The SMILES string of the molecule is CCCS(=O)Nc1cc(-c2cnc(N)c(C(=N)N3CCNCC3)c2)cc(F)c1OC. The number of nitrogens with zero attached hydrogens (tertiary/aromatic N) is 2. The highest BCUT2D eigenvalue weighted by Crippen LogP contribution is 2.34. The van der Waals surface area contributed by atoms with E-state index in [2.05, 4.69) is 15.0 Å². The number of methoxy groups -OCH3 is 1. The van der Waals surface area contributed by atoms with Crippen LogP contribution in [0, 0.1) is 11.2 Å². The largest absolute Gasteiger partial charge is 0.492 e. The summed E-state index contributed by atoms with van der Waals surface area (Å²) in [6, 6.07) is 4.74. The highest BCUT2D eigenvalue weighted by atomic mass is 32.2. The number of rotatable bonds is 7. The summed E-state index contributed by atoms with van der Waals surface area (Å²) in [5, 5.41) is 11.8. The van der Waals surface area contributed by atoms with Crippen LogP contribution in [-0.2, 0) is 11.0 Å². The first-order valence-electron chi connectivity index (χ1n) is 9.77. The summed E-state index contributed by atoms with van der Waals surface area (Å²) < 4.78 is 34.8. The van der Waals surface area contributed by atoms with Gasteiger partial charge in [-0.05, 0) is 30.2 Å². The molecule has 0 aliphatic carbocycles. The Bertz CT molecular complexity index is 949. The van der Waals surface area contributed by atoms with Gasteiger partial charge in [-0.1, -0.05) is 6.92 Å². The Kier molecular flexibility index (Phi) is 7.22. The van der Waals surface area contributed by atoms with Gasteiger partial charge in [0.15, 0.2) is 11.6 Å². The van der Waals surface area contributed by atoms with Gasteiger partial charge in [0.2, 0.25) is 0 Å². The summed E-state index contributed by atoms with van der Waals surface area (Å²) in [5.74, 6) is 0.394. The number of aromatic nitrogens is 1. The minimum absolute atomic E-state index is 0.000362. The molecule has 3 rings (SSSR count). The number of hydrogen-bond donors (Lipinski definition) is 4. The number of hydrogen-bond acceptors (Lipinski definition) is 6. The molecular formula is C20H27FN6O2S. The second kappa shape index (κ2) is 9.86. The van der Waals surface area contributed by atoms with E-state index in [0.29, 0.717) is 47.1 Å². The van der Waals surface area contributed by atoms with Crippen molar-refractivity contribution in [2.75, 3.05) is 49.5 Å². The molecule has 0 radical (unpaired) electrons. The van der Waals surface area contributed by atoms with E-state index in [-0.39, 0.29) is 11.6 Å². The summed E-state index contributed by atoms with van der Waals surface area (Å²) >= 11 is 0. The highest BCUT2D eigenvalue weighted by Gasteiger charge is 2.19. The van der Waals surface area contributed by atoms with Crippen molar-refractivity contribution < 1.29 is 13.3 Å². The van der Waals surface area contributed by atoms with Crippen LogP contribution in [0.2, 0.25) is 0 Å². The quantitative estimate of drug-likeness (QED) is 0.392. The van der Waals surface area contributed by atoms with Crippen molar-refractivity contribution in [1.82, 2.24) is 15.2 Å². The molecule has 10 heteroatoms. The number of nitrogen functional groups attached to an aromatic ring is 1. The lowest BCUT2D eigenvalue weighted by Gasteiger charge is -2.30. The van der Waals surface area contributed by atoms with Crippen LogP contribution >= 0.6 is 0 Å². The fourth-order valence-corrected chi connectivity index (χ4v) is 4.15. The average molecular weight is 435 g/mol. The number of halogens is 1. The maximum absolute atomic E-state index is 14.7. The molecule has 1 atom stereocenters. The molecule has 1 fully saturated rings.